The van der Waals surface area contributed by atoms with Gasteiger partial charge in [-0.2, -0.15) is 4.31 Å². The number of carbonyl (C=O) groups excluding carboxylic acids is 1. The molecule has 2 aromatic carbocycles. The van der Waals surface area contributed by atoms with E-state index in [0.29, 0.717) is 17.9 Å². The minimum Gasteiger partial charge on any atom is -0.497 e. The summed E-state index contributed by atoms with van der Waals surface area (Å²) in [5.74, 6) is 0.349. The first-order chi connectivity index (χ1) is 12.7. The predicted molar refractivity (Wildman–Crippen MR) is 108 cm³/mol. The highest BCUT2D eigenvalue weighted by molar-refractivity contribution is 7.88. The van der Waals surface area contributed by atoms with E-state index < -0.39 is 10.0 Å². The van der Waals surface area contributed by atoms with E-state index in [4.69, 9.17) is 4.74 Å². The van der Waals surface area contributed by atoms with Crippen molar-refractivity contribution in [2.45, 2.75) is 20.3 Å². The molecule has 2 aromatic rings. The number of nitrogens with one attached hydrogen (secondary N) is 1. The molecule has 0 saturated carbocycles. The second-order valence-electron chi connectivity index (χ2n) is 6.62. The Balaban J connectivity index is 2.04. The fraction of sp³-hybridized carbons (Fsp3) is 0.350. The van der Waals surface area contributed by atoms with Crippen molar-refractivity contribution in [3.8, 4) is 5.75 Å². The largest absolute Gasteiger partial charge is 0.497 e. The average molecular weight is 391 g/mol. The van der Waals surface area contributed by atoms with Crippen LogP contribution in [0.1, 0.15) is 16.7 Å². The third-order valence-electron chi connectivity index (χ3n) is 4.08. The monoisotopic (exact) mass is 390 g/mol. The summed E-state index contributed by atoms with van der Waals surface area (Å²) in [5.41, 5.74) is 3.67. The molecule has 2 rings (SSSR count). The minimum absolute atomic E-state index is 0.215. The number of carbonyl (C=O) groups is 1. The number of anilines is 1. The van der Waals surface area contributed by atoms with Crippen LogP contribution in [0.25, 0.3) is 0 Å². The molecule has 0 saturated heterocycles. The van der Waals surface area contributed by atoms with Crippen LogP contribution in [0.2, 0.25) is 0 Å². The van der Waals surface area contributed by atoms with E-state index in [-0.39, 0.29) is 19.0 Å². The van der Waals surface area contributed by atoms with Crippen LogP contribution in [0.3, 0.4) is 0 Å². The molecule has 0 aromatic heterocycles. The molecule has 1 N–H and O–H groups in total. The predicted octanol–water partition coefficient (Wildman–Crippen LogP) is 2.75. The van der Waals surface area contributed by atoms with Gasteiger partial charge in [0.25, 0.3) is 0 Å². The maximum absolute atomic E-state index is 12.4. The van der Waals surface area contributed by atoms with E-state index >= 15 is 0 Å². The fourth-order valence-corrected chi connectivity index (χ4v) is 3.63. The molecule has 0 aliphatic heterocycles. The summed E-state index contributed by atoms with van der Waals surface area (Å²) >= 11 is 0. The van der Waals surface area contributed by atoms with E-state index in [9.17, 15) is 13.2 Å². The van der Waals surface area contributed by atoms with Gasteiger partial charge < -0.3 is 10.1 Å². The van der Waals surface area contributed by atoms with Gasteiger partial charge in [0.05, 0.1) is 19.9 Å². The molecular weight excluding hydrogens is 364 g/mol. The molecule has 0 fully saturated rings. The fourth-order valence-electron chi connectivity index (χ4n) is 2.85. The quantitative estimate of drug-likeness (QED) is 0.752. The summed E-state index contributed by atoms with van der Waals surface area (Å²) in [7, 11) is -1.93. The topological polar surface area (TPSA) is 75.7 Å². The van der Waals surface area contributed by atoms with Gasteiger partial charge in [0.1, 0.15) is 5.75 Å². The van der Waals surface area contributed by atoms with Gasteiger partial charge in [-0.25, -0.2) is 8.42 Å². The number of hydrogen-bond donors (Lipinski definition) is 1. The van der Waals surface area contributed by atoms with E-state index in [2.05, 4.69) is 5.32 Å². The summed E-state index contributed by atoms with van der Waals surface area (Å²) in [5, 5.41) is 2.78. The van der Waals surface area contributed by atoms with Crippen molar-refractivity contribution in [2.75, 3.05) is 31.8 Å². The van der Waals surface area contributed by atoms with Crippen LogP contribution in [0.4, 0.5) is 5.69 Å². The van der Waals surface area contributed by atoms with Gasteiger partial charge in [-0.15, -0.1) is 0 Å². The molecule has 0 aliphatic carbocycles. The lowest BCUT2D eigenvalue weighted by atomic mass is 10.1. The molecule has 0 spiro atoms. The Morgan fingerprint density at radius 1 is 1.11 bits per heavy atom. The van der Waals surface area contributed by atoms with Crippen molar-refractivity contribution in [2.24, 2.45) is 0 Å². The maximum atomic E-state index is 12.4. The third-order valence-corrected chi connectivity index (χ3v) is 5.33. The van der Waals surface area contributed by atoms with Crippen molar-refractivity contribution < 1.29 is 17.9 Å². The number of aryl methyl sites for hydroxylation is 2. The van der Waals surface area contributed by atoms with E-state index in [0.717, 1.165) is 22.9 Å². The van der Waals surface area contributed by atoms with Gasteiger partial charge in [0.15, 0.2) is 0 Å². The normalized spacial score (nSPS) is 11.4. The number of benzene rings is 2. The Labute approximate surface area is 161 Å². The lowest BCUT2D eigenvalue weighted by Crippen LogP contribution is -2.38. The first-order valence-electron chi connectivity index (χ1n) is 8.63. The summed E-state index contributed by atoms with van der Waals surface area (Å²) in [4.78, 5) is 12.4. The molecule has 7 heteroatoms. The zero-order valence-corrected chi connectivity index (χ0v) is 17.0. The first kappa shape index (κ1) is 20.9. The highest BCUT2D eigenvalue weighted by Gasteiger charge is 2.20. The molecule has 0 aliphatic rings. The summed E-state index contributed by atoms with van der Waals surface area (Å²) in [6.07, 6.45) is 1.60. The number of amides is 1. The number of hydrogen-bond acceptors (Lipinski definition) is 4. The summed E-state index contributed by atoms with van der Waals surface area (Å²) in [6, 6.07) is 13.2. The van der Waals surface area contributed by atoms with Gasteiger partial charge in [0, 0.05) is 12.2 Å². The van der Waals surface area contributed by atoms with Gasteiger partial charge in [-0.1, -0.05) is 18.2 Å². The van der Waals surface area contributed by atoms with Crippen molar-refractivity contribution in [1.29, 1.82) is 0 Å². The number of rotatable bonds is 8. The molecule has 0 atom stereocenters. The maximum Gasteiger partial charge on any atom is 0.239 e. The number of ether oxygens (including phenoxy) is 1. The molecular formula is C20H26N2O4S. The highest BCUT2D eigenvalue weighted by Crippen LogP contribution is 2.15. The zero-order valence-electron chi connectivity index (χ0n) is 16.2. The third kappa shape index (κ3) is 6.69. The second-order valence-corrected chi connectivity index (χ2v) is 8.61. The van der Waals surface area contributed by atoms with Crippen molar-refractivity contribution in [3.63, 3.8) is 0 Å². The van der Waals surface area contributed by atoms with E-state index in [1.807, 2.05) is 56.3 Å². The van der Waals surface area contributed by atoms with E-state index in [1.165, 1.54) is 4.31 Å². The van der Waals surface area contributed by atoms with Crippen LogP contribution in [-0.4, -0.2) is 45.1 Å². The Kier molecular flexibility index (Phi) is 6.98. The van der Waals surface area contributed by atoms with Crippen molar-refractivity contribution >= 4 is 21.6 Å². The average Bonchev–Trinajstić information content (AvgIpc) is 2.56. The Hall–Kier alpha value is -2.38. The van der Waals surface area contributed by atoms with Crippen LogP contribution < -0.4 is 10.1 Å². The number of methoxy groups -OCH3 is 1. The van der Waals surface area contributed by atoms with Crippen LogP contribution in [0.5, 0.6) is 5.75 Å². The number of sulfonamides is 1. The van der Waals surface area contributed by atoms with Gasteiger partial charge in [-0.3, -0.25) is 4.79 Å². The Bertz CT molecular complexity index is 890. The lowest BCUT2D eigenvalue weighted by Gasteiger charge is -2.20. The molecule has 0 unspecified atom stereocenters. The van der Waals surface area contributed by atoms with Gasteiger partial charge >= 0.3 is 0 Å². The van der Waals surface area contributed by atoms with Crippen LogP contribution in [-0.2, 0) is 21.2 Å². The standard InChI is InChI=1S/C20H26N2O4S/c1-15-10-16(2)12-18(11-15)21-20(23)14-22(27(4,24)25)9-8-17-6-5-7-19(13-17)26-3/h5-7,10-13H,8-9,14H2,1-4H3,(H,21,23). The van der Waals surface area contributed by atoms with Crippen LogP contribution in [0.15, 0.2) is 42.5 Å². The first-order valence-corrected chi connectivity index (χ1v) is 10.5. The van der Waals surface area contributed by atoms with Crippen LogP contribution >= 0.6 is 0 Å². The van der Waals surface area contributed by atoms with Gasteiger partial charge in [-0.05, 0) is 61.2 Å². The van der Waals surface area contributed by atoms with Crippen LogP contribution in [0, 0.1) is 13.8 Å². The summed E-state index contributed by atoms with van der Waals surface area (Å²) in [6.45, 7) is 3.88. The SMILES string of the molecule is COc1cccc(CCN(CC(=O)Nc2cc(C)cc(C)c2)S(C)(=O)=O)c1. The van der Waals surface area contributed by atoms with E-state index in [1.54, 1.807) is 7.11 Å². The number of nitrogens with zero attached hydrogens (tertiary/aromatic N) is 1. The Morgan fingerprint density at radius 2 is 1.78 bits per heavy atom. The van der Waals surface area contributed by atoms with Crippen molar-refractivity contribution in [3.05, 3.63) is 59.2 Å². The smallest absolute Gasteiger partial charge is 0.239 e. The van der Waals surface area contributed by atoms with Crippen molar-refractivity contribution in [1.82, 2.24) is 4.31 Å². The zero-order chi connectivity index (χ0) is 20.0. The molecule has 6 nitrogen and oxygen atoms in total. The van der Waals surface area contributed by atoms with Gasteiger partial charge in [0.2, 0.25) is 15.9 Å². The highest BCUT2D eigenvalue weighted by atomic mass is 32.2. The second kappa shape index (κ2) is 9.01. The summed E-state index contributed by atoms with van der Waals surface area (Å²) < 4.78 is 30.6. The lowest BCUT2D eigenvalue weighted by molar-refractivity contribution is -0.116. The Morgan fingerprint density at radius 3 is 2.37 bits per heavy atom. The molecule has 27 heavy (non-hydrogen) atoms. The molecule has 146 valence electrons. The molecule has 0 heterocycles. The minimum atomic E-state index is -3.51. The molecule has 0 bridgehead atoms. The molecule has 0 radical (unpaired) electrons. The molecule has 1 amide bonds.